The van der Waals surface area contributed by atoms with Gasteiger partial charge in [-0.05, 0) is 17.0 Å². The van der Waals surface area contributed by atoms with Crippen molar-refractivity contribution in [2.24, 2.45) is 0 Å². The van der Waals surface area contributed by atoms with Crippen LogP contribution in [-0.2, 0) is 5.41 Å². The highest BCUT2D eigenvalue weighted by Crippen LogP contribution is 2.28. The summed E-state index contributed by atoms with van der Waals surface area (Å²) in [4.78, 5) is 0. The molecule has 0 aliphatic heterocycles. The number of benzene rings is 1. The number of rotatable bonds is 0. The van der Waals surface area contributed by atoms with Crippen LogP contribution in [0.1, 0.15) is 40.2 Å². The van der Waals surface area contributed by atoms with Crippen LogP contribution >= 0.6 is 11.6 Å². The van der Waals surface area contributed by atoms with Crippen LogP contribution in [0.25, 0.3) is 0 Å². The monoisotopic (exact) mass is 198 g/mol. The molecule has 0 radical (unpaired) electrons. The summed E-state index contributed by atoms with van der Waals surface area (Å²) >= 11 is 6.01. The molecule has 0 N–H and O–H groups in total. The van der Waals surface area contributed by atoms with Gasteiger partial charge in [-0.2, -0.15) is 0 Å². The minimum absolute atomic E-state index is 0.151. The van der Waals surface area contributed by atoms with Crippen LogP contribution in [0.15, 0.2) is 24.3 Å². The Morgan fingerprint density at radius 1 is 1.00 bits per heavy atom. The van der Waals surface area contributed by atoms with Gasteiger partial charge in [0.2, 0.25) is 0 Å². The summed E-state index contributed by atoms with van der Waals surface area (Å²) in [7, 11) is 0. The zero-order chi connectivity index (χ0) is 10.5. The average Bonchev–Trinajstić information content (AvgIpc) is 2.07. The lowest BCUT2D eigenvalue weighted by Crippen LogP contribution is -2.11. The van der Waals surface area contributed by atoms with E-state index in [-0.39, 0.29) is 5.41 Å². The molecular formula is C12H19Cl. The Hall–Kier alpha value is -0.490. The first-order valence-electron chi connectivity index (χ1n) is 4.77. The summed E-state index contributed by atoms with van der Waals surface area (Å²) in [5.41, 5.74) is 1.36. The van der Waals surface area contributed by atoms with Crippen molar-refractivity contribution in [1.29, 1.82) is 0 Å². The van der Waals surface area contributed by atoms with E-state index in [1.165, 1.54) is 5.56 Å². The van der Waals surface area contributed by atoms with E-state index >= 15 is 0 Å². The average molecular weight is 199 g/mol. The van der Waals surface area contributed by atoms with Crippen LogP contribution in [0.4, 0.5) is 0 Å². The maximum Gasteiger partial charge on any atom is 0.0443 e. The molecule has 0 fully saturated rings. The molecule has 0 aliphatic carbocycles. The lowest BCUT2D eigenvalue weighted by molar-refractivity contribution is 0.590. The van der Waals surface area contributed by atoms with Gasteiger partial charge in [0.15, 0.2) is 0 Å². The van der Waals surface area contributed by atoms with Crippen molar-refractivity contribution in [3.8, 4) is 0 Å². The molecule has 0 aliphatic rings. The van der Waals surface area contributed by atoms with Crippen molar-refractivity contribution in [3.63, 3.8) is 0 Å². The molecule has 1 aromatic carbocycles. The van der Waals surface area contributed by atoms with Gasteiger partial charge in [0, 0.05) is 5.02 Å². The molecular weight excluding hydrogens is 180 g/mol. The molecule has 1 rings (SSSR count). The van der Waals surface area contributed by atoms with E-state index in [4.69, 9.17) is 11.6 Å². The lowest BCUT2D eigenvalue weighted by Gasteiger charge is -2.19. The van der Waals surface area contributed by atoms with Crippen LogP contribution < -0.4 is 0 Å². The molecule has 0 bridgehead atoms. The Bertz CT molecular complexity index is 246. The molecule has 74 valence electrons. The smallest absolute Gasteiger partial charge is 0.0443 e. The second-order valence-electron chi connectivity index (χ2n) is 3.73. The Labute approximate surface area is 86.9 Å². The zero-order valence-corrected chi connectivity index (χ0v) is 9.94. The third kappa shape index (κ3) is 3.82. The van der Waals surface area contributed by atoms with Gasteiger partial charge in [0.25, 0.3) is 0 Å². The highest BCUT2D eigenvalue weighted by atomic mass is 35.5. The van der Waals surface area contributed by atoms with Crippen molar-refractivity contribution in [2.75, 3.05) is 0 Å². The second kappa shape index (κ2) is 5.29. The maximum atomic E-state index is 6.01. The SMILES string of the molecule is CC.CC(C)(C)c1ccccc1Cl. The van der Waals surface area contributed by atoms with Crippen molar-refractivity contribution in [3.05, 3.63) is 34.9 Å². The van der Waals surface area contributed by atoms with Crippen molar-refractivity contribution in [1.82, 2.24) is 0 Å². The fraction of sp³-hybridized carbons (Fsp3) is 0.500. The van der Waals surface area contributed by atoms with E-state index < -0.39 is 0 Å². The van der Waals surface area contributed by atoms with Crippen LogP contribution in [0.3, 0.4) is 0 Å². The summed E-state index contributed by atoms with van der Waals surface area (Å²) in [6.45, 7) is 10.5. The molecule has 0 atom stereocenters. The minimum Gasteiger partial charge on any atom is -0.0840 e. The molecule has 0 unspecified atom stereocenters. The van der Waals surface area contributed by atoms with Gasteiger partial charge in [0.1, 0.15) is 0 Å². The molecule has 13 heavy (non-hydrogen) atoms. The van der Waals surface area contributed by atoms with Crippen LogP contribution in [0.5, 0.6) is 0 Å². The molecule has 0 saturated carbocycles. The predicted molar refractivity (Wildman–Crippen MR) is 61.5 cm³/mol. The van der Waals surface area contributed by atoms with E-state index in [1.54, 1.807) is 0 Å². The second-order valence-corrected chi connectivity index (χ2v) is 4.14. The summed E-state index contributed by atoms with van der Waals surface area (Å²) in [5.74, 6) is 0. The molecule has 1 heteroatoms. The topological polar surface area (TPSA) is 0 Å². The molecule has 1 aromatic rings. The summed E-state index contributed by atoms with van der Waals surface area (Å²) < 4.78 is 0. The first kappa shape index (κ1) is 12.5. The Morgan fingerprint density at radius 2 is 1.46 bits per heavy atom. The Morgan fingerprint density at radius 3 is 1.77 bits per heavy atom. The fourth-order valence-electron chi connectivity index (χ4n) is 1.07. The van der Waals surface area contributed by atoms with Gasteiger partial charge in [-0.3, -0.25) is 0 Å². The van der Waals surface area contributed by atoms with E-state index in [0.717, 1.165) is 5.02 Å². The van der Waals surface area contributed by atoms with Crippen molar-refractivity contribution in [2.45, 2.75) is 40.0 Å². The highest BCUT2D eigenvalue weighted by molar-refractivity contribution is 6.31. The van der Waals surface area contributed by atoms with Gasteiger partial charge in [-0.1, -0.05) is 64.4 Å². The minimum atomic E-state index is 0.151. The van der Waals surface area contributed by atoms with Crippen molar-refractivity contribution < 1.29 is 0 Å². The van der Waals surface area contributed by atoms with Gasteiger partial charge in [-0.25, -0.2) is 0 Å². The van der Waals surface area contributed by atoms with E-state index in [0.29, 0.717) is 0 Å². The lowest BCUT2D eigenvalue weighted by atomic mass is 9.87. The van der Waals surface area contributed by atoms with Crippen LogP contribution in [0.2, 0.25) is 5.02 Å². The number of hydrogen-bond donors (Lipinski definition) is 0. The van der Waals surface area contributed by atoms with E-state index in [1.807, 2.05) is 32.0 Å². The van der Waals surface area contributed by atoms with Gasteiger partial charge in [0.05, 0.1) is 0 Å². The Kier molecular flexibility index (Phi) is 5.09. The summed E-state index contributed by atoms with van der Waals surface area (Å²) in [6, 6.07) is 7.98. The first-order valence-corrected chi connectivity index (χ1v) is 5.14. The molecule has 0 nitrogen and oxygen atoms in total. The number of hydrogen-bond acceptors (Lipinski definition) is 0. The highest BCUT2D eigenvalue weighted by Gasteiger charge is 2.15. The Balaban J connectivity index is 0.000000671. The quantitative estimate of drug-likeness (QED) is 0.569. The molecule has 0 aromatic heterocycles. The maximum absolute atomic E-state index is 6.01. The molecule has 0 amide bonds. The fourth-order valence-corrected chi connectivity index (χ4v) is 1.49. The summed E-state index contributed by atoms with van der Waals surface area (Å²) in [6.07, 6.45) is 0. The normalized spacial score (nSPS) is 10.3. The van der Waals surface area contributed by atoms with E-state index in [9.17, 15) is 0 Å². The zero-order valence-electron chi connectivity index (χ0n) is 9.19. The summed E-state index contributed by atoms with van der Waals surface area (Å²) in [5, 5.41) is 0.861. The molecule has 0 saturated heterocycles. The third-order valence-corrected chi connectivity index (χ3v) is 2.01. The van der Waals surface area contributed by atoms with Crippen molar-refractivity contribution >= 4 is 11.6 Å². The largest absolute Gasteiger partial charge is 0.0840 e. The molecule has 0 spiro atoms. The van der Waals surface area contributed by atoms with Gasteiger partial charge >= 0.3 is 0 Å². The van der Waals surface area contributed by atoms with Gasteiger partial charge in [-0.15, -0.1) is 0 Å². The van der Waals surface area contributed by atoms with Gasteiger partial charge < -0.3 is 0 Å². The van der Waals surface area contributed by atoms with E-state index in [2.05, 4.69) is 26.8 Å². The van der Waals surface area contributed by atoms with Crippen LogP contribution in [-0.4, -0.2) is 0 Å². The number of halogens is 1. The molecule has 0 heterocycles. The van der Waals surface area contributed by atoms with Crippen LogP contribution in [0, 0.1) is 0 Å². The third-order valence-electron chi connectivity index (χ3n) is 1.68. The standard InChI is InChI=1S/C10H13Cl.C2H6/c1-10(2,3)8-6-4-5-7-9(8)11;1-2/h4-7H,1-3H3;1-2H3. The first-order chi connectivity index (χ1) is 6.02. The predicted octanol–water partition coefficient (Wildman–Crippen LogP) is 4.66.